The van der Waals surface area contributed by atoms with Gasteiger partial charge in [0.25, 0.3) is 5.91 Å². The highest BCUT2D eigenvalue weighted by Gasteiger charge is 2.27. The Labute approximate surface area is 200 Å². The van der Waals surface area contributed by atoms with Crippen molar-refractivity contribution in [3.05, 3.63) is 58.5 Å². The molecule has 0 unspecified atom stereocenters. The molecule has 1 aliphatic heterocycles. The first kappa shape index (κ1) is 21.9. The maximum absolute atomic E-state index is 13.2. The molecule has 0 atom stereocenters. The van der Waals surface area contributed by atoms with Gasteiger partial charge in [-0.3, -0.25) is 9.69 Å². The van der Waals surface area contributed by atoms with Crippen LogP contribution < -0.4 is 14.8 Å². The van der Waals surface area contributed by atoms with E-state index in [1.165, 1.54) is 10.4 Å². The fourth-order valence-corrected chi connectivity index (χ4v) is 6.57. The molecule has 0 bridgehead atoms. The van der Waals surface area contributed by atoms with Gasteiger partial charge in [0.2, 0.25) is 0 Å². The van der Waals surface area contributed by atoms with Crippen molar-refractivity contribution in [1.29, 1.82) is 0 Å². The van der Waals surface area contributed by atoms with E-state index in [1.54, 1.807) is 55.1 Å². The van der Waals surface area contributed by atoms with Crippen LogP contribution in [0.15, 0.2) is 42.5 Å². The summed E-state index contributed by atoms with van der Waals surface area (Å²) < 4.78 is 11.8. The Balaban J connectivity index is 1.55. The van der Waals surface area contributed by atoms with Gasteiger partial charge >= 0.3 is 0 Å². The number of methoxy groups -OCH3 is 2. The van der Waals surface area contributed by atoms with Gasteiger partial charge in [-0.15, -0.1) is 22.7 Å². The Morgan fingerprint density at radius 2 is 1.94 bits per heavy atom. The maximum Gasteiger partial charge on any atom is 0.256 e. The average molecular weight is 480 g/mol. The van der Waals surface area contributed by atoms with E-state index in [2.05, 4.69) is 23.2 Å². The topological polar surface area (TPSA) is 63.7 Å². The number of rotatable bonds is 6. The first-order valence-corrected chi connectivity index (χ1v) is 12.5. The Hall–Kier alpha value is -2.94. The Morgan fingerprint density at radius 1 is 1.12 bits per heavy atom. The number of aromatic nitrogens is 1. The van der Waals surface area contributed by atoms with Gasteiger partial charge in [0.15, 0.2) is 11.5 Å². The van der Waals surface area contributed by atoms with Crippen molar-refractivity contribution < 1.29 is 14.3 Å². The van der Waals surface area contributed by atoms with Crippen LogP contribution >= 0.6 is 22.7 Å². The molecule has 0 spiro atoms. The summed E-state index contributed by atoms with van der Waals surface area (Å²) in [5.41, 5.74) is 3.89. The normalized spacial score (nSPS) is 13.7. The number of thiazole rings is 1. The zero-order valence-electron chi connectivity index (χ0n) is 18.8. The Morgan fingerprint density at radius 3 is 2.70 bits per heavy atom. The molecule has 33 heavy (non-hydrogen) atoms. The number of hydrogen-bond donors (Lipinski definition) is 1. The number of likely N-dealkylation sites (N-methyl/N-ethyl adjacent to an activating group) is 1. The number of fused-ring (bicyclic) bond motifs is 2. The number of anilines is 1. The second-order valence-corrected chi connectivity index (χ2v) is 9.97. The number of amides is 1. The molecule has 2 aromatic carbocycles. The molecule has 0 radical (unpaired) electrons. The maximum atomic E-state index is 13.2. The van der Waals surface area contributed by atoms with Gasteiger partial charge in [0, 0.05) is 29.1 Å². The summed E-state index contributed by atoms with van der Waals surface area (Å²) in [6, 6.07) is 13.4. The molecule has 2 aromatic heterocycles. The smallest absolute Gasteiger partial charge is 0.256 e. The summed E-state index contributed by atoms with van der Waals surface area (Å²) in [6.07, 6.45) is 0.956. The predicted molar refractivity (Wildman–Crippen MR) is 135 cm³/mol. The third kappa shape index (κ3) is 4.10. The highest BCUT2D eigenvalue weighted by molar-refractivity contribution is 7.23. The minimum Gasteiger partial charge on any atom is -0.493 e. The predicted octanol–water partition coefficient (Wildman–Crippen LogP) is 5.67. The SMILES string of the molecule is CCN1CCc2c(sc(NC(=O)c3ccc(OC)c(OC)c3)c2-c2nc3ccccc3s2)C1. The van der Waals surface area contributed by atoms with Crippen LogP contribution in [0.25, 0.3) is 20.8 Å². The van der Waals surface area contributed by atoms with E-state index < -0.39 is 0 Å². The molecule has 3 heterocycles. The number of nitrogens with one attached hydrogen (secondary N) is 1. The molecular weight excluding hydrogens is 454 g/mol. The molecule has 8 heteroatoms. The van der Waals surface area contributed by atoms with Crippen LogP contribution in [0.2, 0.25) is 0 Å². The van der Waals surface area contributed by atoms with Crippen molar-refractivity contribution in [2.45, 2.75) is 19.9 Å². The van der Waals surface area contributed by atoms with Crippen molar-refractivity contribution in [1.82, 2.24) is 9.88 Å². The van der Waals surface area contributed by atoms with Gasteiger partial charge in [-0.1, -0.05) is 19.1 Å². The van der Waals surface area contributed by atoms with E-state index in [0.717, 1.165) is 51.8 Å². The van der Waals surface area contributed by atoms with Gasteiger partial charge in [0.05, 0.1) is 24.4 Å². The summed E-state index contributed by atoms with van der Waals surface area (Å²) >= 11 is 3.34. The molecular formula is C25H25N3O3S2. The summed E-state index contributed by atoms with van der Waals surface area (Å²) in [6.45, 7) is 5.12. The quantitative estimate of drug-likeness (QED) is 0.386. The highest BCUT2D eigenvalue weighted by atomic mass is 32.1. The van der Waals surface area contributed by atoms with Gasteiger partial charge in [-0.05, 0) is 48.9 Å². The summed E-state index contributed by atoms with van der Waals surface area (Å²) in [4.78, 5) is 21.9. The fraction of sp³-hybridized carbons (Fsp3) is 0.280. The molecule has 0 saturated carbocycles. The van der Waals surface area contributed by atoms with E-state index in [-0.39, 0.29) is 5.91 Å². The highest BCUT2D eigenvalue weighted by Crippen LogP contribution is 2.45. The lowest BCUT2D eigenvalue weighted by Crippen LogP contribution is -2.29. The zero-order chi connectivity index (χ0) is 22.9. The van der Waals surface area contributed by atoms with E-state index >= 15 is 0 Å². The molecule has 0 fully saturated rings. The number of thiophene rings is 1. The van der Waals surface area contributed by atoms with Gasteiger partial charge in [-0.2, -0.15) is 0 Å². The van der Waals surface area contributed by atoms with Crippen molar-refractivity contribution in [2.75, 3.05) is 32.6 Å². The lowest BCUT2D eigenvalue weighted by Gasteiger charge is -2.25. The Bertz CT molecular complexity index is 1290. The molecule has 5 rings (SSSR count). The number of nitrogens with zero attached hydrogens (tertiary/aromatic N) is 2. The zero-order valence-corrected chi connectivity index (χ0v) is 20.4. The summed E-state index contributed by atoms with van der Waals surface area (Å²) in [7, 11) is 3.15. The molecule has 6 nitrogen and oxygen atoms in total. The molecule has 4 aromatic rings. The van der Waals surface area contributed by atoms with Crippen LogP contribution in [0.1, 0.15) is 27.7 Å². The van der Waals surface area contributed by atoms with E-state index in [9.17, 15) is 4.79 Å². The van der Waals surface area contributed by atoms with Crippen LogP contribution in [0.4, 0.5) is 5.00 Å². The monoisotopic (exact) mass is 479 g/mol. The average Bonchev–Trinajstić information content (AvgIpc) is 3.43. The van der Waals surface area contributed by atoms with Gasteiger partial charge in [-0.25, -0.2) is 4.98 Å². The van der Waals surface area contributed by atoms with Crippen molar-refractivity contribution in [3.63, 3.8) is 0 Å². The second kappa shape index (κ2) is 9.13. The number of benzene rings is 2. The largest absolute Gasteiger partial charge is 0.493 e. The Kier molecular flexibility index (Phi) is 6.05. The number of ether oxygens (including phenoxy) is 2. The minimum atomic E-state index is -0.177. The van der Waals surface area contributed by atoms with Gasteiger partial charge < -0.3 is 14.8 Å². The van der Waals surface area contributed by atoms with E-state index in [4.69, 9.17) is 14.5 Å². The molecule has 0 aliphatic carbocycles. The van der Waals surface area contributed by atoms with Crippen LogP contribution in [0.3, 0.4) is 0 Å². The molecule has 0 saturated heterocycles. The third-order valence-electron chi connectivity index (χ3n) is 5.96. The number of hydrogen-bond acceptors (Lipinski definition) is 7. The third-order valence-corrected chi connectivity index (χ3v) is 8.15. The van der Waals surface area contributed by atoms with Crippen LogP contribution in [0.5, 0.6) is 11.5 Å². The minimum absolute atomic E-state index is 0.177. The van der Waals surface area contributed by atoms with Crippen LogP contribution in [0, 0.1) is 0 Å². The number of para-hydroxylation sites is 1. The molecule has 1 amide bonds. The fourth-order valence-electron chi connectivity index (χ4n) is 4.17. The van der Waals surface area contributed by atoms with E-state index in [1.807, 2.05) is 18.2 Å². The molecule has 1 aliphatic rings. The first-order valence-electron chi connectivity index (χ1n) is 10.9. The van der Waals surface area contributed by atoms with Crippen molar-refractivity contribution in [3.8, 4) is 22.1 Å². The lowest BCUT2D eigenvalue weighted by molar-refractivity contribution is 0.102. The molecule has 1 N–H and O–H groups in total. The van der Waals surface area contributed by atoms with Crippen LogP contribution in [-0.4, -0.2) is 43.1 Å². The van der Waals surface area contributed by atoms with Crippen molar-refractivity contribution in [2.24, 2.45) is 0 Å². The second-order valence-electron chi connectivity index (χ2n) is 7.84. The number of carbonyl (C=O) groups excluding carboxylic acids is 1. The van der Waals surface area contributed by atoms with Crippen molar-refractivity contribution >= 4 is 43.8 Å². The number of carbonyl (C=O) groups is 1. The summed E-state index contributed by atoms with van der Waals surface area (Å²) in [5, 5.41) is 5.00. The molecule has 170 valence electrons. The summed E-state index contributed by atoms with van der Waals surface area (Å²) in [5.74, 6) is 0.945. The first-order chi connectivity index (χ1) is 16.1. The lowest BCUT2D eigenvalue weighted by atomic mass is 10.0. The standard InChI is InChI=1S/C25H25N3O3S2/c1-4-28-12-11-16-21(14-28)33-25(22(16)24-26-17-7-5-6-8-20(17)32-24)27-23(29)15-9-10-18(30-2)19(13-15)31-3/h5-10,13H,4,11-12,14H2,1-3H3,(H,27,29). The van der Waals surface area contributed by atoms with Crippen LogP contribution in [-0.2, 0) is 13.0 Å². The van der Waals surface area contributed by atoms with E-state index in [0.29, 0.717) is 17.1 Å². The van der Waals surface area contributed by atoms with Gasteiger partial charge in [0.1, 0.15) is 10.0 Å².